The van der Waals surface area contributed by atoms with Crippen LogP contribution in [0.5, 0.6) is 23.0 Å². The molecule has 39 heavy (non-hydrogen) atoms. The number of aliphatic hydroxyl groups is 1. The number of aryl methyl sites for hydroxylation is 1. The number of carboxylic acids is 1. The van der Waals surface area contributed by atoms with Gasteiger partial charge in [-0.1, -0.05) is 12.1 Å². The lowest BCUT2D eigenvalue weighted by Gasteiger charge is -2.18. The van der Waals surface area contributed by atoms with Gasteiger partial charge in [-0.2, -0.15) is 5.26 Å². The lowest BCUT2D eigenvalue weighted by atomic mass is 9.98. The van der Waals surface area contributed by atoms with E-state index in [0.29, 0.717) is 72.0 Å². The molecule has 0 bridgehead atoms. The molecule has 5 rings (SSSR count). The molecule has 0 saturated heterocycles. The molecule has 7 nitrogen and oxygen atoms in total. The first-order chi connectivity index (χ1) is 18.6. The van der Waals surface area contributed by atoms with E-state index in [4.69, 9.17) is 19.3 Å². The maximum atomic E-state index is 15.0. The molecule has 0 saturated carbocycles. The third-order valence-electron chi connectivity index (χ3n) is 7.21. The maximum Gasteiger partial charge on any atom is 0.304 e. The summed E-state index contributed by atoms with van der Waals surface area (Å²) >= 11 is 0. The molecule has 1 aliphatic carbocycles. The van der Waals surface area contributed by atoms with Gasteiger partial charge in [-0.05, 0) is 75.4 Å². The van der Waals surface area contributed by atoms with E-state index in [1.54, 1.807) is 44.2 Å². The number of nitrogens with zero attached hydrogens (tertiary/aromatic N) is 1. The minimum absolute atomic E-state index is 0.00568. The van der Waals surface area contributed by atoms with Gasteiger partial charge >= 0.3 is 5.97 Å². The number of aliphatic carboxylic acids is 1. The first-order valence-corrected chi connectivity index (χ1v) is 13.0. The van der Waals surface area contributed by atoms with E-state index in [9.17, 15) is 15.2 Å². The van der Waals surface area contributed by atoms with Crippen molar-refractivity contribution in [1.29, 1.82) is 5.26 Å². The Hall–Kier alpha value is -4.09. The van der Waals surface area contributed by atoms with Gasteiger partial charge in [-0.3, -0.25) is 4.79 Å². The van der Waals surface area contributed by atoms with Crippen molar-refractivity contribution in [2.24, 2.45) is 0 Å². The highest BCUT2D eigenvalue weighted by atomic mass is 19.1. The molecule has 2 N–H and O–H groups in total. The second kappa shape index (κ2) is 10.6. The van der Waals surface area contributed by atoms with Gasteiger partial charge in [-0.15, -0.1) is 0 Å². The fourth-order valence-electron chi connectivity index (χ4n) is 5.21. The summed E-state index contributed by atoms with van der Waals surface area (Å²) < 4.78 is 33.0. The molecule has 8 heteroatoms. The van der Waals surface area contributed by atoms with Crippen LogP contribution in [0.15, 0.2) is 48.5 Å². The maximum absolute atomic E-state index is 15.0. The normalized spacial score (nSPS) is 17.6. The summed E-state index contributed by atoms with van der Waals surface area (Å²) in [5.74, 6) is 0.496. The zero-order valence-electron chi connectivity index (χ0n) is 21.9. The first-order valence-electron chi connectivity index (χ1n) is 13.0. The van der Waals surface area contributed by atoms with E-state index < -0.39 is 17.7 Å². The highest BCUT2D eigenvalue weighted by Gasteiger charge is 2.32. The van der Waals surface area contributed by atoms with E-state index in [1.807, 2.05) is 12.1 Å². The average Bonchev–Trinajstić information content (AvgIpc) is 3.49. The number of benzene rings is 3. The van der Waals surface area contributed by atoms with Crippen molar-refractivity contribution in [3.05, 3.63) is 82.2 Å². The lowest BCUT2D eigenvalue weighted by Crippen LogP contribution is -2.19. The molecule has 2 atom stereocenters. The smallest absolute Gasteiger partial charge is 0.304 e. The summed E-state index contributed by atoms with van der Waals surface area (Å²) in [5, 5.41) is 28.8. The molecule has 0 fully saturated rings. The van der Waals surface area contributed by atoms with Gasteiger partial charge in [0.05, 0.1) is 24.2 Å². The zero-order valence-corrected chi connectivity index (χ0v) is 21.9. The quantitative estimate of drug-likeness (QED) is 0.338. The Bertz CT molecular complexity index is 1450. The molecule has 1 heterocycles. The number of carbonyl (C=O) groups is 1. The Kier molecular flexibility index (Phi) is 7.19. The number of hydrogen-bond acceptors (Lipinski definition) is 6. The second-order valence-electron chi connectivity index (χ2n) is 10.7. The summed E-state index contributed by atoms with van der Waals surface area (Å²) in [6.45, 7) is 3.80. The lowest BCUT2D eigenvalue weighted by molar-refractivity contribution is -0.137. The third kappa shape index (κ3) is 5.84. The topological polar surface area (TPSA) is 109 Å². The van der Waals surface area contributed by atoms with Crippen molar-refractivity contribution >= 4 is 5.97 Å². The number of fused-ring (bicyclic) bond motifs is 2. The first kappa shape index (κ1) is 26.5. The van der Waals surface area contributed by atoms with Crippen LogP contribution in [0.2, 0.25) is 0 Å². The Morgan fingerprint density at radius 3 is 2.72 bits per heavy atom. The number of ether oxygens (including phenoxy) is 3. The molecule has 1 aliphatic heterocycles. The van der Waals surface area contributed by atoms with Crippen LogP contribution in [0.3, 0.4) is 0 Å². The van der Waals surface area contributed by atoms with Crippen LogP contribution < -0.4 is 14.2 Å². The van der Waals surface area contributed by atoms with Gasteiger partial charge in [0.1, 0.15) is 41.0 Å². The molecular weight excluding hydrogens is 501 g/mol. The van der Waals surface area contributed by atoms with Crippen molar-refractivity contribution in [1.82, 2.24) is 0 Å². The van der Waals surface area contributed by atoms with E-state index in [-0.39, 0.29) is 18.2 Å². The molecular formula is C31H30FNO6. The van der Waals surface area contributed by atoms with Crippen LogP contribution in [0.25, 0.3) is 0 Å². The second-order valence-corrected chi connectivity index (χ2v) is 10.7. The van der Waals surface area contributed by atoms with Gasteiger partial charge in [0.25, 0.3) is 0 Å². The predicted molar refractivity (Wildman–Crippen MR) is 141 cm³/mol. The minimum atomic E-state index is -0.878. The van der Waals surface area contributed by atoms with Crippen LogP contribution in [0, 0.1) is 17.1 Å². The van der Waals surface area contributed by atoms with E-state index in [0.717, 1.165) is 11.1 Å². The zero-order chi connectivity index (χ0) is 27.7. The fraction of sp³-hybridized carbons (Fsp3) is 0.355. The Labute approximate surface area is 226 Å². The number of halogens is 1. The van der Waals surface area contributed by atoms with Crippen LogP contribution in [-0.2, 0) is 17.6 Å². The Morgan fingerprint density at radius 2 is 1.97 bits per heavy atom. The molecule has 0 amide bonds. The van der Waals surface area contributed by atoms with E-state index in [2.05, 4.69) is 6.07 Å². The van der Waals surface area contributed by atoms with Gasteiger partial charge in [0, 0.05) is 28.7 Å². The summed E-state index contributed by atoms with van der Waals surface area (Å²) in [6, 6.07) is 15.8. The number of carboxylic acid groups (broad SMARTS) is 1. The van der Waals surface area contributed by atoms with Crippen molar-refractivity contribution in [2.75, 3.05) is 6.61 Å². The van der Waals surface area contributed by atoms with E-state index >= 15 is 4.39 Å². The SMILES string of the molecule is CC(C)(O)CCc1ccc(Oc2ccc(F)c3c2CC[C@H]3Oc2ccc3c(c2)OC[C@H]3CC(=O)O)c(C#N)c1. The fourth-order valence-corrected chi connectivity index (χ4v) is 5.21. The predicted octanol–water partition coefficient (Wildman–Crippen LogP) is 6.21. The molecule has 0 radical (unpaired) electrons. The van der Waals surface area contributed by atoms with Crippen molar-refractivity contribution < 1.29 is 33.6 Å². The Morgan fingerprint density at radius 1 is 1.18 bits per heavy atom. The third-order valence-corrected chi connectivity index (χ3v) is 7.21. The molecule has 0 unspecified atom stereocenters. The Balaban J connectivity index is 1.34. The molecule has 2 aliphatic rings. The number of hydrogen-bond donors (Lipinski definition) is 2. The number of nitriles is 1. The van der Waals surface area contributed by atoms with Crippen LogP contribution in [0.1, 0.15) is 72.9 Å². The highest BCUT2D eigenvalue weighted by molar-refractivity contribution is 5.69. The van der Waals surface area contributed by atoms with Crippen molar-refractivity contribution in [3.8, 4) is 29.1 Å². The van der Waals surface area contributed by atoms with Gasteiger partial charge in [0.15, 0.2) is 0 Å². The summed E-state index contributed by atoms with van der Waals surface area (Å²) in [5.41, 5.74) is 2.45. The largest absolute Gasteiger partial charge is 0.492 e. The van der Waals surface area contributed by atoms with Crippen molar-refractivity contribution in [2.45, 2.75) is 63.6 Å². The van der Waals surface area contributed by atoms with Crippen LogP contribution in [0.4, 0.5) is 4.39 Å². The van der Waals surface area contributed by atoms with Crippen LogP contribution in [-0.4, -0.2) is 28.4 Å². The van der Waals surface area contributed by atoms with E-state index in [1.165, 1.54) is 6.07 Å². The van der Waals surface area contributed by atoms with Crippen LogP contribution >= 0.6 is 0 Å². The van der Waals surface area contributed by atoms with Gasteiger partial charge in [-0.25, -0.2) is 4.39 Å². The minimum Gasteiger partial charge on any atom is -0.492 e. The highest BCUT2D eigenvalue weighted by Crippen LogP contribution is 2.44. The summed E-state index contributed by atoms with van der Waals surface area (Å²) in [7, 11) is 0. The molecule has 0 aromatic heterocycles. The standard InChI is InChI=1S/C31H30FNO6/c1-31(2,36)12-11-18-3-8-25(19(13-18)16-33)39-26-10-7-24(32)30-23(26)6-9-27(30)38-21-4-5-22-20(14-29(34)35)17-37-28(22)15-21/h3-5,7-8,10,13,15,20,27,36H,6,9,11-12,14,17H2,1-2H3,(H,34,35)/t20-,27-/m1/s1. The van der Waals surface area contributed by atoms with Gasteiger partial charge in [0.2, 0.25) is 0 Å². The molecule has 0 spiro atoms. The number of rotatable bonds is 9. The molecule has 202 valence electrons. The summed E-state index contributed by atoms with van der Waals surface area (Å²) in [6.07, 6.45) is 1.74. The molecule has 3 aromatic carbocycles. The monoisotopic (exact) mass is 531 g/mol. The molecule has 3 aromatic rings. The average molecular weight is 532 g/mol. The van der Waals surface area contributed by atoms with Crippen molar-refractivity contribution in [3.63, 3.8) is 0 Å². The van der Waals surface area contributed by atoms with Gasteiger partial charge < -0.3 is 24.4 Å². The summed E-state index contributed by atoms with van der Waals surface area (Å²) in [4.78, 5) is 11.1.